The van der Waals surface area contributed by atoms with Crippen LogP contribution in [0.25, 0.3) is 0 Å². The smallest absolute Gasteiger partial charge is 0.0678 e. The molecule has 0 saturated carbocycles. The fourth-order valence-electron chi connectivity index (χ4n) is 2.30. The van der Waals surface area contributed by atoms with Gasteiger partial charge in [-0.15, -0.1) is 0 Å². The fraction of sp³-hybridized carbons (Fsp3) is 0.615. The second-order valence-electron chi connectivity index (χ2n) is 4.62. The summed E-state index contributed by atoms with van der Waals surface area (Å²) >= 11 is 0. The minimum atomic E-state index is 0.362. The lowest BCUT2D eigenvalue weighted by Crippen LogP contribution is -2.46. The van der Waals surface area contributed by atoms with E-state index in [1.165, 1.54) is 5.56 Å². The standard InChI is InChI=1S/C13H20N2O/c1-11-9-15(10-12(2)16-11)8-5-13-3-6-14-7-4-13/h3-4,6-7,11-12H,5,8-10H2,1-2H3. The van der Waals surface area contributed by atoms with Crippen LogP contribution in [0.4, 0.5) is 0 Å². The Kier molecular flexibility index (Phi) is 3.91. The van der Waals surface area contributed by atoms with Crippen molar-refractivity contribution in [2.24, 2.45) is 0 Å². The van der Waals surface area contributed by atoms with Crippen LogP contribution in [-0.4, -0.2) is 41.7 Å². The van der Waals surface area contributed by atoms with E-state index in [-0.39, 0.29) is 0 Å². The van der Waals surface area contributed by atoms with E-state index < -0.39 is 0 Å². The first kappa shape index (κ1) is 11.6. The fourth-order valence-corrected chi connectivity index (χ4v) is 2.30. The van der Waals surface area contributed by atoms with Gasteiger partial charge in [-0.1, -0.05) is 0 Å². The number of nitrogens with zero attached hydrogens (tertiary/aromatic N) is 2. The molecule has 1 saturated heterocycles. The first-order chi connectivity index (χ1) is 7.74. The second kappa shape index (κ2) is 5.41. The van der Waals surface area contributed by atoms with Gasteiger partial charge in [-0.05, 0) is 38.0 Å². The predicted octanol–water partition coefficient (Wildman–Crippen LogP) is 1.73. The molecule has 2 heterocycles. The Bertz CT molecular complexity index is 305. The van der Waals surface area contributed by atoms with Crippen LogP contribution in [-0.2, 0) is 11.2 Å². The molecule has 1 aromatic heterocycles. The highest BCUT2D eigenvalue weighted by Gasteiger charge is 2.21. The number of morpholine rings is 1. The Labute approximate surface area is 97.4 Å². The molecule has 2 unspecified atom stereocenters. The monoisotopic (exact) mass is 220 g/mol. The maximum Gasteiger partial charge on any atom is 0.0678 e. The van der Waals surface area contributed by atoms with Crippen LogP contribution in [0.3, 0.4) is 0 Å². The number of ether oxygens (including phenoxy) is 1. The molecule has 3 nitrogen and oxygen atoms in total. The van der Waals surface area contributed by atoms with Gasteiger partial charge in [-0.2, -0.15) is 0 Å². The van der Waals surface area contributed by atoms with E-state index in [0.717, 1.165) is 26.1 Å². The topological polar surface area (TPSA) is 25.4 Å². The Morgan fingerprint density at radius 1 is 1.25 bits per heavy atom. The highest BCUT2D eigenvalue weighted by molar-refractivity contribution is 5.09. The molecule has 0 N–H and O–H groups in total. The normalized spacial score (nSPS) is 26.9. The maximum absolute atomic E-state index is 5.72. The molecule has 1 aromatic rings. The third kappa shape index (κ3) is 3.29. The summed E-state index contributed by atoms with van der Waals surface area (Å²) in [4.78, 5) is 6.52. The van der Waals surface area contributed by atoms with E-state index in [9.17, 15) is 0 Å². The molecule has 2 rings (SSSR count). The lowest BCUT2D eigenvalue weighted by atomic mass is 10.1. The van der Waals surface area contributed by atoms with Crippen molar-refractivity contribution in [3.05, 3.63) is 30.1 Å². The highest BCUT2D eigenvalue weighted by Crippen LogP contribution is 2.11. The van der Waals surface area contributed by atoms with Crippen molar-refractivity contribution in [3.8, 4) is 0 Å². The number of rotatable bonds is 3. The SMILES string of the molecule is CC1CN(CCc2ccncc2)CC(C)O1. The zero-order valence-electron chi connectivity index (χ0n) is 10.1. The van der Waals surface area contributed by atoms with E-state index in [1.807, 2.05) is 12.4 Å². The maximum atomic E-state index is 5.72. The van der Waals surface area contributed by atoms with Crippen LogP contribution in [0.2, 0.25) is 0 Å². The van der Waals surface area contributed by atoms with Gasteiger partial charge in [0.05, 0.1) is 12.2 Å². The average molecular weight is 220 g/mol. The van der Waals surface area contributed by atoms with Crippen LogP contribution in [0.5, 0.6) is 0 Å². The predicted molar refractivity (Wildman–Crippen MR) is 64.4 cm³/mol. The summed E-state index contributed by atoms with van der Waals surface area (Å²) < 4.78 is 5.72. The van der Waals surface area contributed by atoms with Crippen molar-refractivity contribution in [2.45, 2.75) is 32.5 Å². The molecular weight excluding hydrogens is 200 g/mol. The van der Waals surface area contributed by atoms with Crippen LogP contribution in [0.15, 0.2) is 24.5 Å². The quantitative estimate of drug-likeness (QED) is 0.775. The molecule has 0 radical (unpaired) electrons. The Hall–Kier alpha value is -0.930. The van der Waals surface area contributed by atoms with Crippen LogP contribution in [0.1, 0.15) is 19.4 Å². The summed E-state index contributed by atoms with van der Waals surface area (Å²) in [6.45, 7) is 7.51. The molecule has 16 heavy (non-hydrogen) atoms. The van der Waals surface area contributed by atoms with Gasteiger partial charge in [0, 0.05) is 32.0 Å². The number of hydrogen-bond donors (Lipinski definition) is 0. The van der Waals surface area contributed by atoms with Gasteiger partial charge in [0.15, 0.2) is 0 Å². The van der Waals surface area contributed by atoms with Crippen molar-refractivity contribution < 1.29 is 4.74 Å². The average Bonchev–Trinajstić information content (AvgIpc) is 2.27. The van der Waals surface area contributed by atoms with Gasteiger partial charge in [0.1, 0.15) is 0 Å². The Morgan fingerprint density at radius 3 is 2.50 bits per heavy atom. The summed E-state index contributed by atoms with van der Waals surface area (Å²) in [7, 11) is 0. The number of pyridine rings is 1. The molecule has 1 fully saturated rings. The molecule has 0 aromatic carbocycles. The molecular formula is C13H20N2O. The van der Waals surface area contributed by atoms with Crippen molar-refractivity contribution in [3.63, 3.8) is 0 Å². The van der Waals surface area contributed by atoms with Gasteiger partial charge in [-0.3, -0.25) is 9.88 Å². The van der Waals surface area contributed by atoms with E-state index >= 15 is 0 Å². The number of hydrogen-bond acceptors (Lipinski definition) is 3. The Morgan fingerprint density at radius 2 is 1.88 bits per heavy atom. The number of aromatic nitrogens is 1. The van der Waals surface area contributed by atoms with Crippen LogP contribution >= 0.6 is 0 Å². The lowest BCUT2D eigenvalue weighted by Gasteiger charge is -2.35. The third-order valence-electron chi connectivity index (χ3n) is 2.96. The van der Waals surface area contributed by atoms with E-state index in [1.54, 1.807) is 0 Å². The van der Waals surface area contributed by atoms with Crippen LogP contribution < -0.4 is 0 Å². The minimum absolute atomic E-state index is 0.362. The third-order valence-corrected chi connectivity index (χ3v) is 2.96. The zero-order chi connectivity index (χ0) is 11.4. The van der Waals surface area contributed by atoms with Gasteiger partial charge < -0.3 is 4.74 Å². The van der Waals surface area contributed by atoms with Gasteiger partial charge >= 0.3 is 0 Å². The summed E-state index contributed by atoms with van der Waals surface area (Å²) in [6.07, 6.45) is 5.55. The molecule has 0 spiro atoms. The molecule has 0 bridgehead atoms. The first-order valence-corrected chi connectivity index (χ1v) is 6.01. The zero-order valence-corrected chi connectivity index (χ0v) is 10.1. The van der Waals surface area contributed by atoms with E-state index in [0.29, 0.717) is 12.2 Å². The van der Waals surface area contributed by atoms with Crippen molar-refractivity contribution in [1.29, 1.82) is 0 Å². The molecule has 0 amide bonds. The van der Waals surface area contributed by atoms with Crippen molar-refractivity contribution >= 4 is 0 Å². The summed E-state index contributed by atoms with van der Waals surface area (Å²) in [5, 5.41) is 0. The van der Waals surface area contributed by atoms with Gasteiger partial charge in [-0.25, -0.2) is 0 Å². The molecule has 3 heteroatoms. The second-order valence-corrected chi connectivity index (χ2v) is 4.62. The van der Waals surface area contributed by atoms with E-state index in [2.05, 4.69) is 35.9 Å². The summed E-state index contributed by atoms with van der Waals surface area (Å²) in [6, 6.07) is 4.18. The molecule has 2 atom stereocenters. The summed E-state index contributed by atoms with van der Waals surface area (Å²) in [5.74, 6) is 0. The largest absolute Gasteiger partial charge is 0.373 e. The lowest BCUT2D eigenvalue weighted by molar-refractivity contribution is -0.0675. The summed E-state index contributed by atoms with van der Waals surface area (Å²) in [5.41, 5.74) is 1.36. The van der Waals surface area contributed by atoms with Gasteiger partial charge in [0.2, 0.25) is 0 Å². The van der Waals surface area contributed by atoms with Crippen LogP contribution in [0, 0.1) is 0 Å². The molecule has 1 aliphatic heterocycles. The highest BCUT2D eigenvalue weighted by atomic mass is 16.5. The molecule has 0 aliphatic carbocycles. The Balaban J connectivity index is 1.81. The van der Waals surface area contributed by atoms with E-state index in [4.69, 9.17) is 4.74 Å². The van der Waals surface area contributed by atoms with Gasteiger partial charge in [0.25, 0.3) is 0 Å². The van der Waals surface area contributed by atoms with Crippen molar-refractivity contribution in [2.75, 3.05) is 19.6 Å². The molecule has 88 valence electrons. The molecule has 1 aliphatic rings. The first-order valence-electron chi connectivity index (χ1n) is 6.01. The van der Waals surface area contributed by atoms with Crippen molar-refractivity contribution in [1.82, 2.24) is 9.88 Å². The minimum Gasteiger partial charge on any atom is -0.373 e.